The number of aliphatic carboxylic acids is 5. The molecule has 0 aromatic rings. The van der Waals surface area contributed by atoms with Crippen LogP contribution in [-0.4, -0.2) is 93.8 Å². The van der Waals surface area contributed by atoms with Crippen LogP contribution in [0.15, 0.2) is 0 Å². The van der Waals surface area contributed by atoms with Crippen LogP contribution in [-0.2, 0) is 24.0 Å². The standard InChI is InChI=1S/C4H13N3.5C2H4O2.Ca.3Na/c5-1-3-7-4-2-6;5*1-2(3)4;;;;/h7H,1-6H2;5*1H3,(H,3,4);;;;/q;;;;;;+2;3*+1/p-5. The average Bonchev–Trinajstić information content (AvgIpc) is 2.35. The van der Waals surface area contributed by atoms with Crippen LogP contribution in [0.25, 0.3) is 0 Å². The second-order valence-electron chi connectivity index (χ2n) is 3.79. The minimum absolute atomic E-state index is 0. The van der Waals surface area contributed by atoms with Crippen LogP contribution in [0.4, 0.5) is 0 Å². The molecular weight excluding hydrogens is 479 g/mol. The molecule has 0 amide bonds. The Morgan fingerprint density at radius 2 is 0.645 bits per heavy atom. The Balaban J connectivity index is -0.0000000211. The molecule has 17 heteroatoms. The first-order valence-electron chi connectivity index (χ1n) is 7.06. The van der Waals surface area contributed by atoms with Gasteiger partial charge in [0, 0.05) is 56.0 Å². The van der Waals surface area contributed by atoms with Crippen molar-refractivity contribution in [3.05, 3.63) is 0 Å². The summed E-state index contributed by atoms with van der Waals surface area (Å²) in [6.07, 6.45) is 0. The summed E-state index contributed by atoms with van der Waals surface area (Å²) in [5, 5.41) is 47.5. The van der Waals surface area contributed by atoms with Gasteiger partial charge >= 0.3 is 126 Å². The summed E-state index contributed by atoms with van der Waals surface area (Å²) in [6.45, 7) is 7.99. The molecule has 0 unspecified atom stereocenters. The zero-order chi connectivity index (χ0) is 23.4. The Hall–Kier alpha value is 1.49. The van der Waals surface area contributed by atoms with E-state index >= 15 is 0 Å². The normalized spacial score (nSPS) is 6.16. The zero-order valence-electron chi connectivity index (χ0n) is 19.8. The van der Waals surface area contributed by atoms with Gasteiger partial charge in [-0.05, 0) is 34.6 Å². The topological polar surface area (TPSA) is 265 Å². The molecule has 0 aliphatic heterocycles. The molecule has 0 heterocycles. The molecule has 5 N–H and O–H groups in total. The van der Waals surface area contributed by atoms with Crippen LogP contribution >= 0.6 is 0 Å². The molecule has 0 rings (SSSR count). The first-order chi connectivity index (χ1) is 12.1. The second kappa shape index (κ2) is 63.4. The third-order valence-corrected chi connectivity index (χ3v) is 0.642. The van der Waals surface area contributed by atoms with Crippen molar-refractivity contribution < 1.29 is 138 Å². The van der Waals surface area contributed by atoms with E-state index in [2.05, 4.69) is 5.32 Å². The number of carboxylic acid groups (broad SMARTS) is 5. The van der Waals surface area contributed by atoms with E-state index in [-0.39, 0.29) is 126 Å². The molecule has 0 fully saturated rings. The van der Waals surface area contributed by atoms with E-state index < -0.39 is 29.8 Å². The van der Waals surface area contributed by atoms with E-state index in [1.807, 2.05) is 0 Å². The number of nitrogens with one attached hydrogen (secondary N) is 1. The predicted molar refractivity (Wildman–Crippen MR) is 90.1 cm³/mol. The first kappa shape index (κ1) is 63.7. The van der Waals surface area contributed by atoms with Crippen LogP contribution in [0.3, 0.4) is 0 Å². The molecule has 0 aromatic heterocycles. The molecule has 0 aliphatic carbocycles. The van der Waals surface area contributed by atoms with Crippen LogP contribution in [0.2, 0.25) is 0 Å². The molecule has 0 bridgehead atoms. The Labute approximate surface area is 279 Å². The monoisotopic (exact) mass is 507 g/mol. The summed E-state index contributed by atoms with van der Waals surface area (Å²) in [6, 6.07) is 0. The van der Waals surface area contributed by atoms with Crippen LogP contribution < -0.4 is 131 Å². The number of rotatable bonds is 4. The SMILES string of the molecule is CC(=O)[O-].CC(=O)[O-].CC(=O)[O-].CC(=O)[O-].CC(=O)[O-].NCCNCCN.[Ca+2].[Na+].[Na+].[Na+]. The Morgan fingerprint density at radius 1 is 0.548 bits per heavy atom. The zero-order valence-corrected chi connectivity index (χ0v) is 28.0. The number of carbonyl (C=O) groups excluding carboxylic acids is 5. The van der Waals surface area contributed by atoms with E-state index in [1.54, 1.807) is 0 Å². The number of hydrogen-bond acceptors (Lipinski definition) is 13. The van der Waals surface area contributed by atoms with Crippen molar-refractivity contribution in [3.63, 3.8) is 0 Å². The maximum Gasteiger partial charge on any atom is 2.00 e. The minimum atomic E-state index is -1.08. The molecule has 0 spiro atoms. The molecule has 164 valence electrons. The van der Waals surface area contributed by atoms with Crippen molar-refractivity contribution in [2.24, 2.45) is 11.5 Å². The van der Waals surface area contributed by atoms with Crippen molar-refractivity contribution in [1.82, 2.24) is 5.32 Å². The summed E-state index contributed by atoms with van der Waals surface area (Å²) in [5.74, 6) is -5.42. The Morgan fingerprint density at radius 3 is 0.710 bits per heavy atom. The van der Waals surface area contributed by atoms with Gasteiger partial charge in [-0.3, -0.25) is 0 Å². The van der Waals surface area contributed by atoms with E-state index in [0.717, 1.165) is 47.7 Å². The number of carboxylic acids is 5. The maximum atomic E-state index is 8.89. The van der Waals surface area contributed by atoms with Gasteiger partial charge in [-0.25, -0.2) is 0 Å². The van der Waals surface area contributed by atoms with Gasteiger partial charge in [-0.15, -0.1) is 0 Å². The average molecular weight is 507 g/mol. The minimum Gasteiger partial charge on any atom is -0.550 e. The van der Waals surface area contributed by atoms with Crippen LogP contribution in [0.1, 0.15) is 34.6 Å². The third kappa shape index (κ3) is 909. The van der Waals surface area contributed by atoms with Gasteiger partial charge in [0.15, 0.2) is 0 Å². The van der Waals surface area contributed by atoms with Crippen molar-refractivity contribution in [3.8, 4) is 0 Å². The summed E-state index contributed by atoms with van der Waals surface area (Å²) in [5.41, 5.74) is 10.3. The fourth-order valence-electron chi connectivity index (χ4n) is 0.329. The van der Waals surface area contributed by atoms with Gasteiger partial charge in [0.2, 0.25) is 0 Å². The molecule has 0 aliphatic rings. The fourth-order valence-corrected chi connectivity index (χ4v) is 0.329. The quantitative estimate of drug-likeness (QED) is 0.236. The predicted octanol–water partition coefficient (Wildman–Crippen LogP) is -17.1. The molecule has 0 atom stereocenters. The molecule has 0 saturated carbocycles. The van der Waals surface area contributed by atoms with E-state index in [4.69, 9.17) is 61.0 Å². The van der Waals surface area contributed by atoms with Crippen molar-refractivity contribution in [1.29, 1.82) is 0 Å². The molecule has 0 radical (unpaired) electrons. The van der Waals surface area contributed by atoms with E-state index in [1.165, 1.54) is 0 Å². The van der Waals surface area contributed by atoms with E-state index in [9.17, 15) is 0 Å². The first-order valence-corrected chi connectivity index (χ1v) is 7.06. The fraction of sp³-hybridized carbons (Fsp3) is 0.643. The van der Waals surface area contributed by atoms with E-state index in [0.29, 0.717) is 13.1 Å². The van der Waals surface area contributed by atoms with Gasteiger partial charge in [0.1, 0.15) is 0 Å². The smallest absolute Gasteiger partial charge is 0.550 e. The largest absolute Gasteiger partial charge is 2.00 e. The molecule has 0 saturated heterocycles. The van der Waals surface area contributed by atoms with Gasteiger partial charge in [0.05, 0.1) is 0 Å². The summed E-state index contributed by atoms with van der Waals surface area (Å²) in [7, 11) is 0. The van der Waals surface area contributed by atoms with Crippen molar-refractivity contribution >= 4 is 67.6 Å². The summed E-state index contributed by atoms with van der Waals surface area (Å²) >= 11 is 0. The number of hydrogen-bond donors (Lipinski definition) is 3. The van der Waals surface area contributed by atoms with Crippen LogP contribution in [0.5, 0.6) is 0 Å². The number of carbonyl (C=O) groups is 5. The summed E-state index contributed by atoms with van der Waals surface area (Å²) in [4.78, 5) is 44.4. The van der Waals surface area contributed by atoms with Crippen molar-refractivity contribution in [2.45, 2.75) is 34.6 Å². The Kier molecular flexibility index (Phi) is 130. The molecule has 0 aromatic carbocycles. The third-order valence-electron chi connectivity index (χ3n) is 0.642. The molecule has 13 nitrogen and oxygen atoms in total. The second-order valence-corrected chi connectivity index (χ2v) is 3.79. The van der Waals surface area contributed by atoms with Crippen molar-refractivity contribution in [2.75, 3.05) is 26.2 Å². The van der Waals surface area contributed by atoms with Gasteiger partial charge in [0.25, 0.3) is 0 Å². The summed E-state index contributed by atoms with van der Waals surface area (Å²) < 4.78 is 0. The maximum absolute atomic E-state index is 8.89. The van der Waals surface area contributed by atoms with Gasteiger partial charge in [-0.2, -0.15) is 0 Å². The molecular formula is C14H28CaN3Na3O10. The number of nitrogens with two attached hydrogens (primary N) is 2. The molecule has 31 heavy (non-hydrogen) atoms. The Bertz CT molecular complexity index is 303. The van der Waals surface area contributed by atoms with Gasteiger partial charge in [-0.1, -0.05) is 0 Å². The van der Waals surface area contributed by atoms with Crippen LogP contribution in [0, 0.1) is 0 Å². The van der Waals surface area contributed by atoms with Gasteiger partial charge < -0.3 is 66.3 Å².